The molecule has 0 aliphatic heterocycles. The fourth-order valence-corrected chi connectivity index (χ4v) is 2.05. The number of likely N-dealkylation sites (N-methyl/N-ethyl adjacent to an activating group) is 1. The number of hydrogen-bond acceptors (Lipinski definition) is 6. The van der Waals surface area contributed by atoms with Crippen molar-refractivity contribution in [1.82, 2.24) is 10.2 Å². The van der Waals surface area contributed by atoms with Crippen LogP contribution in [0.5, 0.6) is 17.2 Å². The Morgan fingerprint density at radius 1 is 1.10 bits per heavy atom. The Morgan fingerprint density at radius 3 is 2.05 bits per heavy atom. The van der Waals surface area contributed by atoms with Crippen molar-refractivity contribution in [2.75, 3.05) is 55.1 Å². The van der Waals surface area contributed by atoms with Crippen LogP contribution < -0.4 is 19.5 Å². The molecular formula is C15H26N2O4. The molecule has 0 fully saturated rings. The molecule has 0 aromatic heterocycles. The van der Waals surface area contributed by atoms with Crippen molar-refractivity contribution in [1.29, 1.82) is 0 Å². The highest BCUT2D eigenvalue weighted by Gasteiger charge is 2.18. The molecule has 0 heterocycles. The third-order valence-corrected chi connectivity index (χ3v) is 3.22. The molecule has 0 bridgehead atoms. The van der Waals surface area contributed by atoms with Crippen LogP contribution in [0.25, 0.3) is 0 Å². The minimum Gasteiger partial charge on any atom is -0.493 e. The largest absolute Gasteiger partial charge is 0.493 e. The van der Waals surface area contributed by atoms with E-state index in [2.05, 4.69) is 10.2 Å². The van der Waals surface area contributed by atoms with Gasteiger partial charge in [-0.1, -0.05) is 0 Å². The number of aliphatic hydroxyl groups excluding tert-OH is 1. The number of ether oxygens (including phenoxy) is 3. The van der Waals surface area contributed by atoms with Crippen LogP contribution in [0.15, 0.2) is 12.1 Å². The highest BCUT2D eigenvalue weighted by molar-refractivity contribution is 5.54. The second kappa shape index (κ2) is 8.71. The summed E-state index contributed by atoms with van der Waals surface area (Å²) < 4.78 is 16.0. The van der Waals surface area contributed by atoms with Gasteiger partial charge in [-0.3, -0.25) is 0 Å². The summed E-state index contributed by atoms with van der Waals surface area (Å²) in [5, 5.41) is 12.9. The molecule has 1 rings (SSSR count). The molecule has 0 aliphatic rings. The summed E-state index contributed by atoms with van der Waals surface area (Å²) >= 11 is 0. The SMILES string of the molecule is COc1cc(C(CO)NCCN(C)C)cc(OC)c1OC. The predicted octanol–water partition coefficient (Wildman–Crippen LogP) is 0.897. The number of benzene rings is 1. The normalized spacial score (nSPS) is 12.3. The summed E-state index contributed by atoms with van der Waals surface area (Å²) in [6.45, 7) is 1.65. The van der Waals surface area contributed by atoms with E-state index in [1.165, 1.54) is 0 Å². The van der Waals surface area contributed by atoms with Crippen LogP contribution in [0.1, 0.15) is 11.6 Å². The topological polar surface area (TPSA) is 63.2 Å². The zero-order chi connectivity index (χ0) is 15.8. The van der Waals surface area contributed by atoms with Gasteiger partial charge in [0.15, 0.2) is 11.5 Å². The van der Waals surface area contributed by atoms with Crippen LogP contribution in [0, 0.1) is 0 Å². The standard InChI is InChI=1S/C15H26N2O4/c1-17(2)7-6-16-12(10-18)11-8-13(19-3)15(21-5)14(9-11)20-4/h8-9,12,16,18H,6-7,10H2,1-5H3. The lowest BCUT2D eigenvalue weighted by Gasteiger charge is -2.21. The second-order valence-electron chi connectivity index (χ2n) is 4.95. The molecule has 2 N–H and O–H groups in total. The summed E-state index contributed by atoms with van der Waals surface area (Å²) in [6.07, 6.45) is 0. The number of nitrogens with zero attached hydrogens (tertiary/aromatic N) is 1. The monoisotopic (exact) mass is 298 g/mol. The highest BCUT2D eigenvalue weighted by atomic mass is 16.5. The Labute approximate surface area is 126 Å². The van der Waals surface area contributed by atoms with Gasteiger partial charge in [0.25, 0.3) is 0 Å². The van der Waals surface area contributed by atoms with Crippen molar-refractivity contribution in [3.05, 3.63) is 17.7 Å². The molecule has 0 aliphatic carbocycles. The zero-order valence-electron chi connectivity index (χ0n) is 13.5. The van der Waals surface area contributed by atoms with Crippen LogP contribution in [0.2, 0.25) is 0 Å². The first-order valence-corrected chi connectivity index (χ1v) is 6.86. The smallest absolute Gasteiger partial charge is 0.203 e. The van der Waals surface area contributed by atoms with Crippen LogP contribution in [-0.4, -0.2) is 65.1 Å². The van der Waals surface area contributed by atoms with Crippen molar-refractivity contribution in [3.8, 4) is 17.2 Å². The number of nitrogens with one attached hydrogen (secondary N) is 1. The molecule has 120 valence electrons. The fraction of sp³-hybridized carbons (Fsp3) is 0.600. The first-order chi connectivity index (χ1) is 10.1. The molecule has 1 aromatic carbocycles. The Morgan fingerprint density at radius 2 is 1.67 bits per heavy atom. The lowest BCUT2D eigenvalue weighted by Crippen LogP contribution is -2.31. The lowest BCUT2D eigenvalue weighted by atomic mass is 10.1. The van der Waals surface area contributed by atoms with E-state index in [0.717, 1.165) is 18.7 Å². The van der Waals surface area contributed by atoms with E-state index >= 15 is 0 Å². The minimum atomic E-state index is -0.182. The summed E-state index contributed by atoms with van der Waals surface area (Å²) in [5.74, 6) is 1.72. The van der Waals surface area contributed by atoms with Crippen LogP contribution in [-0.2, 0) is 0 Å². The summed E-state index contributed by atoms with van der Waals surface area (Å²) in [6, 6.07) is 3.52. The van der Waals surface area contributed by atoms with Gasteiger partial charge in [-0.25, -0.2) is 0 Å². The molecule has 6 heteroatoms. The molecule has 0 saturated heterocycles. The number of rotatable bonds is 9. The maximum Gasteiger partial charge on any atom is 0.203 e. The first-order valence-electron chi connectivity index (χ1n) is 6.86. The Balaban J connectivity index is 2.98. The van der Waals surface area contributed by atoms with Gasteiger partial charge in [0.1, 0.15) is 0 Å². The Hall–Kier alpha value is -1.50. The first kappa shape index (κ1) is 17.6. The minimum absolute atomic E-state index is 0.00787. The lowest BCUT2D eigenvalue weighted by molar-refractivity contribution is 0.239. The van der Waals surface area contributed by atoms with Crippen LogP contribution >= 0.6 is 0 Å². The number of hydrogen-bond donors (Lipinski definition) is 2. The molecule has 0 radical (unpaired) electrons. The van der Waals surface area contributed by atoms with Gasteiger partial charge in [0.05, 0.1) is 34.0 Å². The van der Waals surface area contributed by atoms with Crippen LogP contribution in [0.3, 0.4) is 0 Å². The molecular weight excluding hydrogens is 272 g/mol. The average Bonchev–Trinajstić information content (AvgIpc) is 2.49. The van der Waals surface area contributed by atoms with E-state index < -0.39 is 0 Å². The summed E-state index contributed by atoms with van der Waals surface area (Å²) in [5.41, 5.74) is 0.894. The van der Waals surface area contributed by atoms with E-state index in [1.807, 2.05) is 26.2 Å². The Kier molecular flexibility index (Phi) is 7.28. The quantitative estimate of drug-likeness (QED) is 0.706. The third kappa shape index (κ3) is 4.77. The zero-order valence-corrected chi connectivity index (χ0v) is 13.5. The maximum absolute atomic E-state index is 9.61. The van der Waals surface area contributed by atoms with Crippen molar-refractivity contribution < 1.29 is 19.3 Å². The molecule has 0 saturated carbocycles. The van der Waals surface area contributed by atoms with E-state index in [4.69, 9.17) is 14.2 Å². The number of methoxy groups -OCH3 is 3. The van der Waals surface area contributed by atoms with Crippen molar-refractivity contribution in [2.24, 2.45) is 0 Å². The average molecular weight is 298 g/mol. The predicted molar refractivity (Wildman–Crippen MR) is 82.5 cm³/mol. The second-order valence-corrected chi connectivity index (χ2v) is 4.95. The van der Waals surface area contributed by atoms with Crippen molar-refractivity contribution >= 4 is 0 Å². The fourth-order valence-electron chi connectivity index (χ4n) is 2.05. The Bertz CT molecular complexity index is 413. The van der Waals surface area contributed by atoms with E-state index in [1.54, 1.807) is 21.3 Å². The molecule has 1 unspecified atom stereocenters. The molecule has 1 aromatic rings. The van der Waals surface area contributed by atoms with Gasteiger partial charge in [0.2, 0.25) is 5.75 Å². The molecule has 0 spiro atoms. The van der Waals surface area contributed by atoms with E-state index in [-0.39, 0.29) is 12.6 Å². The molecule has 6 nitrogen and oxygen atoms in total. The molecule has 0 amide bonds. The van der Waals surface area contributed by atoms with Gasteiger partial charge in [-0.05, 0) is 31.8 Å². The molecule has 21 heavy (non-hydrogen) atoms. The highest BCUT2D eigenvalue weighted by Crippen LogP contribution is 2.39. The summed E-state index contributed by atoms with van der Waals surface area (Å²) in [4.78, 5) is 2.08. The number of aliphatic hydroxyl groups is 1. The van der Waals surface area contributed by atoms with Gasteiger partial charge in [-0.15, -0.1) is 0 Å². The van der Waals surface area contributed by atoms with Gasteiger partial charge < -0.3 is 29.5 Å². The van der Waals surface area contributed by atoms with Crippen molar-refractivity contribution in [2.45, 2.75) is 6.04 Å². The van der Waals surface area contributed by atoms with Gasteiger partial charge in [0, 0.05) is 13.1 Å². The van der Waals surface area contributed by atoms with Crippen LogP contribution in [0.4, 0.5) is 0 Å². The summed E-state index contributed by atoms with van der Waals surface area (Å²) in [7, 11) is 8.74. The third-order valence-electron chi connectivity index (χ3n) is 3.22. The maximum atomic E-state index is 9.61. The van der Waals surface area contributed by atoms with E-state index in [0.29, 0.717) is 17.2 Å². The van der Waals surface area contributed by atoms with E-state index in [9.17, 15) is 5.11 Å². The van der Waals surface area contributed by atoms with Gasteiger partial charge in [-0.2, -0.15) is 0 Å². The van der Waals surface area contributed by atoms with Crippen molar-refractivity contribution in [3.63, 3.8) is 0 Å². The molecule has 1 atom stereocenters. The van der Waals surface area contributed by atoms with Gasteiger partial charge >= 0.3 is 0 Å².